The number of aromatic hydroxyl groups is 1. The Morgan fingerprint density at radius 1 is 1.10 bits per heavy atom. The monoisotopic (exact) mass is 525 g/mol. The topological polar surface area (TPSA) is 86.0 Å². The lowest BCUT2D eigenvalue weighted by molar-refractivity contribution is -0.143. The van der Waals surface area contributed by atoms with E-state index >= 15 is 0 Å². The fraction of sp³-hybridized carbons (Fsp3) is 0.344. The highest BCUT2D eigenvalue weighted by molar-refractivity contribution is 5.82. The number of carbonyl (C=O) groups excluding carboxylic acids is 1. The summed E-state index contributed by atoms with van der Waals surface area (Å²) >= 11 is 0. The van der Waals surface area contributed by atoms with Gasteiger partial charge < -0.3 is 14.6 Å². The van der Waals surface area contributed by atoms with Crippen molar-refractivity contribution in [1.82, 2.24) is 14.6 Å². The highest BCUT2D eigenvalue weighted by Crippen LogP contribution is 2.34. The number of phenols is 1. The van der Waals surface area contributed by atoms with Gasteiger partial charge >= 0.3 is 5.97 Å². The third-order valence-electron chi connectivity index (χ3n) is 6.49. The molecule has 2 heterocycles. The van der Waals surface area contributed by atoms with E-state index in [9.17, 15) is 9.90 Å². The van der Waals surface area contributed by atoms with E-state index in [0.717, 1.165) is 44.9 Å². The summed E-state index contributed by atoms with van der Waals surface area (Å²) < 4.78 is 13.1. The number of hydrogen-bond acceptors (Lipinski definition) is 6. The average Bonchev–Trinajstić information content (AvgIpc) is 3.32. The van der Waals surface area contributed by atoms with Crippen LogP contribution in [0.15, 0.2) is 48.7 Å². The number of benzene rings is 2. The predicted octanol–water partition coefficient (Wildman–Crippen LogP) is 6.48. The Balaban J connectivity index is 1.62. The minimum absolute atomic E-state index is 0.183. The average molecular weight is 526 g/mol. The van der Waals surface area contributed by atoms with Crippen molar-refractivity contribution in [1.29, 1.82) is 0 Å². The first-order chi connectivity index (χ1) is 18.7. The van der Waals surface area contributed by atoms with E-state index in [1.54, 1.807) is 26.0 Å². The van der Waals surface area contributed by atoms with Gasteiger partial charge in [0, 0.05) is 23.2 Å². The number of hydrogen-bond donors (Lipinski definition) is 1. The second-order valence-electron chi connectivity index (χ2n) is 9.92. The van der Waals surface area contributed by atoms with Gasteiger partial charge in [-0.05, 0) is 80.3 Å². The fourth-order valence-electron chi connectivity index (χ4n) is 4.71. The van der Waals surface area contributed by atoms with Crippen molar-refractivity contribution < 1.29 is 19.4 Å². The summed E-state index contributed by atoms with van der Waals surface area (Å²) in [5.74, 6) is 7.43. The summed E-state index contributed by atoms with van der Waals surface area (Å²) in [7, 11) is 0. The van der Waals surface area contributed by atoms with Gasteiger partial charge in [-0.2, -0.15) is 5.10 Å². The quantitative estimate of drug-likeness (QED) is 0.199. The van der Waals surface area contributed by atoms with Crippen LogP contribution in [-0.2, 0) is 16.1 Å². The summed E-state index contributed by atoms with van der Waals surface area (Å²) in [4.78, 5) is 16.8. The number of phenolic OH excluding ortho intramolecular Hbond substituents is 1. The number of rotatable bonds is 9. The van der Waals surface area contributed by atoms with Crippen molar-refractivity contribution in [3.05, 3.63) is 76.7 Å². The number of nitrogens with zero attached hydrogens (tertiary/aromatic N) is 3. The molecule has 0 fully saturated rings. The lowest BCUT2D eigenvalue weighted by Crippen LogP contribution is -2.09. The molecule has 0 bridgehead atoms. The van der Waals surface area contributed by atoms with Gasteiger partial charge in [-0.1, -0.05) is 31.9 Å². The number of carbonyl (C=O) groups is 1. The molecule has 0 amide bonds. The number of aromatic nitrogens is 3. The highest BCUT2D eigenvalue weighted by atomic mass is 16.5. The Morgan fingerprint density at radius 3 is 2.41 bits per heavy atom. The molecule has 0 aliphatic rings. The van der Waals surface area contributed by atoms with Gasteiger partial charge in [-0.15, -0.1) is 5.92 Å². The molecule has 0 radical (unpaired) electrons. The molecule has 1 atom stereocenters. The van der Waals surface area contributed by atoms with E-state index in [1.165, 1.54) is 0 Å². The van der Waals surface area contributed by atoms with Crippen LogP contribution in [0.1, 0.15) is 74.0 Å². The molecule has 7 nitrogen and oxygen atoms in total. The molecule has 0 aliphatic heterocycles. The summed E-state index contributed by atoms with van der Waals surface area (Å²) in [6, 6.07) is 13.3. The van der Waals surface area contributed by atoms with Crippen molar-refractivity contribution in [2.45, 2.75) is 66.4 Å². The molecule has 1 N–H and O–H groups in total. The Bertz CT molecular complexity index is 1520. The first-order valence-electron chi connectivity index (χ1n) is 13.2. The zero-order valence-electron chi connectivity index (χ0n) is 23.4. The number of ether oxygens (including phenoxy) is 2. The van der Waals surface area contributed by atoms with Crippen molar-refractivity contribution in [3.63, 3.8) is 0 Å². The van der Waals surface area contributed by atoms with Crippen LogP contribution in [0.4, 0.5) is 0 Å². The van der Waals surface area contributed by atoms with Crippen molar-refractivity contribution in [3.8, 4) is 34.5 Å². The van der Waals surface area contributed by atoms with Crippen molar-refractivity contribution in [2.75, 3.05) is 6.61 Å². The van der Waals surface area contributed by atoms with Crippen LogP contribution in [0.3, 0.4) is 0 Å². The van der Waals surface area contributed by atoms with Crippen molar-refractivity contribution in [2.24, 2.45) is 0 Å². The summed E-state index contributed by atoms with van der Waals surface area (Å²) in [5.41, 5.74) is 6.54. The molecule has 7 heteroatoms. The molecule has 2 aromatic heterocycles. The highest BCUT2D eigenvalue weighted by Gasteiger charge is 2.18. The molecule has 0 saturated carbocycles. The van der Waals surface area contributed by atoms with Gasteiger partial charge in [0.2, 0.25) is 0 Å². The number of pyridine rings is 1. The third-order valence-corrected chi connectivity index (χ3v) is 6.49. The number of aryl methyl sites for hydroxylation is 2. The summed E-state index contributed by atoms with van der Waals surface area (Å²) in [6.45, 7) is 12.4. The molecular formula is C32H35N3O4. The minimum Gasteiger partial charge on any atom is -0.508 e. The van der Waals surface area contributed by atoms with E-state index in [4.69, 9.17) is 19.6 Å². The first kappa shape index (κ1) is 27.7. The van der Waals surface area contributed by atoms with Crippen LogP contribution in [-0.4, -0.2) is 32.3 Å². The normalized spacial score (nSPS) is 11.8. The molecule has 4 aromatic rings. The van der Waals surface area contributed by atoms with Gasteiger partial charge in [-0.3, -0.25) is 4.79 Å². The molecule has 4 rings (SSSR count). The molecule has 39 heavy (non-hydrogen) atoms. The predicted molar refractivity (Wildman–Crippen MR) is 152 cm³/mol. The SMILES string of the molecule is CC#C[C@@H](CC(=O)OCC)c1ccc(OCc2cc(-c3c(C)cc(O)cc3C)c3nc(C(C)C)nn3c2)cc1. The maximum Gasteiger partial charge on any atom is 0.307 e. The molecule has 0 unspecified atom stereocenters. The van der Waals surface area contributed by atoms with E-state index in [1.807, 2.05) is 48.8 Å². The van der Waals surface area contributed by atoms with Crippen LogP contribution in [0.5, 0.6) is 11.5 Å². The summed E-state index contributed by atoms with van der Waals surface area (Å²) in [6.07, 6.45) is 2.16. The third kappa shape index (κ3) is 6.40. The van der Waals surface area contributed by atoms with Crippen LogP contribution in [0, 0.1) is 25.7 Å². The van der Waals surface area contributed by atoms with Crippen LogP contribution >= 0.6 is 0 Å². The van der Waals surface area contributed by atoms with E-state index in [-0.39, 0.29) is 30.0 Å². The van der Waals surface area contributed by atoms with E-state index in [2.05, 4.69) is 31.8 Å². The van der Waals surface area contributed by atoms with Gasteiger partial charge in [0.15, 0.2) is 11.5 Å². The van der Waals surface area contributed by atoms with Crippen LogP contribution in [0.25, 0.3) is 16.8 Å². The standard InChI is InChI=1S/C32H35N3O4/c1-7-9-25(17-29(37)38-8-2)24-10-12-27(13-11-24)39-19-23-16-28(30-21(5)14-26(36)15-22(30)6)32-33-31(20(3)4)34-35(32)18-23/h10-16,18,20,25,36H,8,17,19H2,1-6H3/t25-/m0/s1. The first-order valence-corrected chi connectivity index (χ1v) is 13.2. The van der Waals surface area contributed by atoms with Gasteiger partial charge in [0.05, 0.1) is 18.9 Å². The van der Waals surface area contributed by atoms with Gasteiger partial charge in [-0.25, -0.2) is 9.50 Å². The maximum atomic E-state index is 12.0. The molecule has 0 aliphatic carbocycles. The Kier molecular flexibility index (Phi) is 8.55. The van der Waals surface area contributed by atoms with E-state index < -0.39 is 0 Å². The molecule has 0 spiro atoms. The molecule has 2 aromatic carbocycles. The second kappa shape index (κ2) is 12.0. The molecule has 202 valence electrons. The largest absolute Gasteiger partial charge is 0.508 e. The molecule has 0 saturated heterocycles. The lowest BCUT2D eigenvalue weighted by atomic mass is 9.95. The number of esters is 1. The second-order valence-corrected chi connectivity index (χ2v) is 9.92. The smallest absolute Gasteiger partial charge is 0.307 e. The fourth-order valence-corrected chi connectivity index (χ4v) is 4.71. The number of fused-ring (bicyclic) bond motifs is 1. The Hall–Kier alpha value is -4.31. The van der Waals surface area contributed by atoms with Crippen molar-refractivity contribution >= 4 is 11.6 Å². The Labute approximate surface area is 229 Å². The summed E-state index contributed by atoms with van der Waals surface area (Å²) in [5, 5.41) is 14.8. The zero-order chi connectivity index (χ0) is 28.1. The van der Waals surface area contributed by atoms with Gasteiger partial charge in [0.1, 0.15) is 18.1 Å². The lowest BCUT2D eigenvalue weighted by Gasteiger charge is -2.14. The maximum absolute atomic E-state index is 12.0. The van der Waals surface area contributed by atoms with Gasteiger partial charge in [0.25, 0.3) is 0 Å². The Morgan fingerprint density at radius 2 is 1.79 bits per heavy atom. The minimum atomic E-state index is -0.260. The van der Waals surface area contributed by atoms with E-state index in [0.29, 0.717) is 19.0 Å². The zero-order valence-corrected chi connectivity index (χ0v) is 23.4. The molecular weight excluding hydrogens is 490 g/mol. The van der Waals surface area contributed by atoms with Crippen LogP contribution in [0.2, 0.25) is 0 Å². The van der Waals surface area contributed by atoms with Crippen LogP contribution < -0.4 is 4.74 Å².